The summed E-state index contributed by atoms with van der Waals surface area (Å²) in [5, 5.41) is 10.4. The van der Waals surface area contributed by atoms with E-state index in [1.807, 2.05) is 0 Å². The van der Waals surface area contributed by atoms with Crippen LogP contribution in [-0.4, -0.2) is 23.5 Å². The van der Waals surface area contributed by atoms with Gasteiger partial charge >= 0.3 is 0 Å². The van der Waals surface area contributed by atoms with Crippen LogP contribution in [0.5, 0.6) is 0 Å². The van der Waals surface area contributed by atoms with Crippen LogP contribution < -0.4 is 0 Å². The first-order chi connectivity index (χ1) is 7.67. The standard InChI is InChI=1S/C13H16FNO/c1-15-12(13(16)8-4-5-9-13)10-6-2-3-7-11(10)14/h2-3,6-7,16H,4-5,8-9H2,1H3. The molecule has 0 unspecified atom stereocenters. The van der Waals surface area contributed by atoms with Gasteiger partial charge in [-0.3, -0.25) is 4.99 Å². The number of aliphatic imine (C=N–C) groups is 1. The van der Waals surface area contributed by atoms with Gasteiger partial charge in [0.1, 0.15) is 11.4 Å². The summed E-state index contributed by atoms with van der Waals surface area (Å²) in [6.07, 6.45) is 3.30. The van der Waals surface area contributed by atoms with Crippen LogP contribution in [0.4, 0.5) is 4.39 Å². The highest BCUT2D eigenvalue weighted by atomic mass is 19.1. The molecule has 0 atom stereocenters. The maximum absolute atomic E-state index is 13.7. The summed E-state index contributed by atoms with van der Waals surface area (Å²) in [4.78, 5) is 4.10. The maximum Gasteiger partial charge on any atom is 0.132 e. The fraction of sp³-hybridized carbons (Fsp3) is 0.462. The summed E-state index contributed by atoms with van der Waals surface area (Å²) >= 11 is 0. The SMILES string of the molecule is CN=C(c1ccccc1F)C1(O)CCCC1. The minimum absolute atomic E-state index is 0.316. The van der Waals surface area contributed by atoms with E-state index in [-0.39, 0.29) is 5.82 Å². The Morgan fingerprint density at radius 2 is 1.94 bits per heavy atom. The summed E-state index contributed by atoms with van der Waals surface area (Å²) in [7, 11) is 1.61. The monoisotopic (exact) mass is 221 g/mol. The fourth-order valence-electron chi connectivity index (χ4n) is 2.43. The normalized spacial score (nSPS) is 20.1. The lowest BCUT2D eigenvalue weighted by Crippen LogP contribution is -2.36. The molecule has 1 aliphatic carbocycles. The number of hydrogen-bond donors (Lipinski definition) is 1. The number of nitrogens with zero attached hydrogens (tertiary/aromatic N) is 1. The molecule has 86 valence electrons. The minimum atomic E-state index is -0.934. The van der Waals surface area contributed by atoms with Crippen molar-refractivity contribution in [2.24, 2.45) is 4.99 Å². The molecule has 0 aromatic heterocycles. The Bertz CT molecular complexity index is 408. The van der Waals surface area contributed by atoms with Crippen molar-refractivity contribution >= 4 is 5.71 Å². The molecule has 2 rings (SSSR count). The third kappa shape index (κ3) is 1.87. The van der Waals surface area contributed by atoms with Gasteiger partial charge in [0.25, 0.3) is 0 Å². The topological polar surface area (TPSA) is 32.6 Å². The zero-order valence-electron chi connectivity index (χ0n) is 9.41. The molecular formula is C13H16FNO. The summed E-state index contributed by atoms with van der Waals surface area (Å²) in [6.45, 7) is 0. The predicted octanol–water partition coefficient (Wildman–Crippen LogP) is 2.55. The Balaban J connectivity index is 2.41. The second-order valence-electron chi connectivity index (χ2n) is 4.29. The molecular weight excluding hydrogens is 205 g/mol. The smallest absolute Gasteiger partial charge is 0.132 e. The predicted molar refractivity (Wildman–Crippen MR) is 62.3 cm³/mol. The third-order valence-electron chi connectivity index (χ3n) is 3.22. The number of hydrogen-bond acceptors (Lipinski definition) is 2. The molecule has 1 aliphatic rings. The molecule has 2 nitrogen and oxygen atoms in total. The van der Waals surface area contributed by atoms with Gasteiger partial charge in [0.15, 0.2) is 0 Å². The lowest BCUT2D eigenvalue weighted by molar-refractivity contribution is 0.120. The third-order valence-corrected chi connectivity index (χ3v) is 3.22. The van der Waals surface area contributed by atoms with Crippen LogP contribution in [0.25, 0.3) is 0 Å². The van der Waals surface area contributed by atoms with Crippen molar-refractivity contribution in [1.82, 2.24) is 0 Å². The van der Waals surface area contributed by atoms with E-state index in [2.05, 4.69) is 4.99 Å². The highest BCUT2D eigenvalue weighted by molar-refractivity contribution is 6.06. The second kappa shape index (κ2) is 4.34. The Hall–Kier alpha value is -1.22. The van der Waals surface area contributed by atoms with E-state index in [1.54, 1.807) is 25.2 Å². The van der Waals surface area contributed by atoms with Crippen LogP contribution in [0.15, 0.2) is 29.3 Å². The van der Waals surface area contributed by atoms with Gasteiger partial charge in [-0.2, -0.15) is 0 Å². The molecule has 0 amide bonds. The molecule has 0 aliphatic heterocycles. The van der Waals surface area contributed by atoms with E-state index >= 15 is 0 Å². The molecule has 1 fully saturated rings. The highest BCUT2D eigenvalue weighted by Crippen LogP contribution is 2.33. The summed E-state index contributed by atoms with van der Waals surface area (Å²) in [5.41, 5.74) is -0.0192. The zero-order valence-corrected chi connectivity index (χ0v) is 9.41. The molecule has 0 heterocycles. The Morgan fingerprint density at radius 1 is 1.31 bits per heavy atom. The van der Waals surface area contributed by atoms with E-state index in [0.717, 1.165) is 12.8 Å². The Morgan fingerprint density at radius 3 is 2.50 bits per heavy atom. The van der Waals surface area contributed by atoms with Crippen LogP contribution in [0.3, 0.4) is 0 Å². The van der Waals surface area contributed by atoms with Gasteiger partial charge in [0.2, 0.25) is 0 Å². The molecule has 1 saturated carbocycles. The van der Waals surface area contributed by atoms with Crippen molar-refractivity contribution in [3.63, 3.8) is 0 Å². The quantitative estimate of drug-likeness (QED) is 0.765. The first-order valence-electron chi connectivity index (χ1n) is 5.62. The largest absolute Gasteiger partial charge is 0.384 e. The maximum atomic E-state index is 13.7. The van der Waals surface area contributed by atoms with Crippen LogP contribution in [0.1, 0.15) is 31.2 Å². The van der Waals surface area contributed by atoms with Crippen molar-refractivity contribution in [3.05, 3.63) is 35.6 Å². The molecule has 16 heavy (non-hydrogen) atoms. The molecule has 3 heteroatoms. The summed E-state index contributed by atoms with van der Waals surface area (Å²) in [6, 6.07) is 6.49. The average Bonchev–Trinajstić information content (AvgIpc) is 2.70. The van der Waals surface area contributed by atoms with Gasteiger partial charge in [0, 0.05) is 12.6 Å². The number of halogens is 1. The summed E-state index contributed by atoms with van der Waals surface area (Å²) in [5.74, 6) is -0.316. The van der Waals surface area contributed by atoms with Crippen molar-refractivity contribution < 1.29 is 9.50 Å². The molecule has 1 aromatic rings. The van der Waals surface area contributed by atoms with E-state index < -0.39 is 5.60 Å². The molecule has 0 spiro atoms. The van der Waals surface area contributed by atoms with Gasteiger partial charge in [0.05, 0.1) is 5.71 Å². The first kappa shape index (κ1) is 11.3. The van der Waals surface area contributed by atoms with E-state index in [4.69, 9.17) is 0 Å². The Kier molecular flexibility index (Phi) is 3.06. The number of benzene rings is 1. The molecule has 1 N–H and O–H groups in total. The van der Waals surface area contributed by atoms with Gasteiger partial charge in [-0.1, -0.05) is 31.0 Å². The Labute approximate surface area is 94.8 Å². The van der Waals surface area contributed by atoms with E-state index in [0.29, 0.717) is 24.1 Å². The van der Waals surface area contributed by atoms with Crippen molar-refractivity contribution in [3.8, 4) is 0 Å². The van der Waals surface area contributed by atoms with Crippen molar-refractivity contribution in [2.45, 2.75) is 31.3 Å². The molecule has 0 bridgehead atoms. The van der Waals surface area contributed by atoms with Gasteiger partial charge < -0.3 is 5.11 Å². The fourth-order valence-corrected chi connectivity index (χ4v) is 2.43. The number of rotatable bonds is 2. The molecule has 0 radical (unpaired) electrons. The van der Waals surface area contributed by atoms with Gasteiger partial charge in [-0.25, -0.2) is 4.39 Å². The van der Waals surface area contributed by atoms with Gasteiger partial charge in [-0.15, -0.1) is 0 Å². The van der Waals surface area contributed by atoms with Crippen molar-refractivity contribution in [1.29, 1.82) is 0 Å². The molecule has 1 aromatic carbocycles. The first-order valence-corrected chi connectivity index (χ1v) is 5.62. The summed E-state index contributed by atoms with van der Waals surface area (Å²) < 4.78 is 13.7. The van der Waals surface area contributed by atoms with Crippen LogP contribution in [0.2, 0.25) is 0 Å². The second-order valence-corrected chi connectivity index (χ2v) is 4.29. The highest BCUT2D eigenvalue weighted by Gasteiger charge is 2.37. The van der Waals surface area contributed by atoms with Crippen LogP contribution in [0, 0.1) is 5.82 Å². The minimum Gasteiger partial charge on any atom is -0.384 e. The molecule has 0 saturated heterocycles. The lowest BCUT2D eigenvalue weighted by atomic mass is 9.90. The van der Waals surface area contributed by atoms with Crippen LogP contribution >= 0.6 is 0 Å². The number of aliphatic hydroxyl groups is 1. The van der Waals surface area contributed by atoms with Crippen LogP contribution in [-0.2, 0) is 0 Å². The lowest BCUT2D eigenvalue weighted by Gasteiger charge is -2.24. The van der Waals surface area contributed by atoms with E-state index in [9.17, 15) is 9.50 Å². The van der Waals surface area contributed by atoms with E-state index in [1.165, 1.54) is 6.07 Å². The zero-order chi connectivity index (χ0) is 11.6. The van der Waals surface area contributed by atoms with Gasteiger partial charge in [-0.05, 0) is 18.9 Å². The average molecular weight is 221 g/mol. The van der Waals surface area contributed by atoms with Crippen molar-refractivity contribution in [2.75, 3.05) is 7.05 Å².